The fourth-order valence-electron chi connectivity index (χ4n) is 2.67. The molecule has 0 atom stereocenters. The van der Waals surface area contributed by atoms with Gasteiger partial charge in [0.25, 0.3) is 5.91 Å². The van der Waals surface area contributed by atoms with Gasteiger partial charge in [-0.05, 0) is 19.4 Å². The summed E-state index contributed by atoms with van der Waals surface area (Å²) in [6.45, 7) is 0.501. The summed E-state index contributed by atoms with van der Waals surface area (Å²) < 4.78 is 4.89. The third kappa shape index (κ3) is 4.18. The minimum absolute atomic E-state index is 0. The Balaban J connectivity index is 0.00000242. The van der Waals surface area contributed by atoms with Gasteiger partial charge in [-0.1, -0.05) is 19.3 Å². The first-order chi connectivity index (χ1) is 10.1. The molecule has 1 heterocycles. The van der Waals surface area contributed by atoms with Gasteiger partial charge in [0.1, 0.15) is 11.2 Å². The summed E-state index contributed by atoms with van der Waals surface area (Å²) >= 11 is 1.41. The lowest BCUT2D eigenvalue weighted by Gasteiger charge is -2.34. The molecule has 0 aromatic carbocycles. The Morgan fingerprint density at radius 1 is 1.41 bits per heavy atom. The zero-order chi connectivity index (χ0) is 15.3. The van der Waals surface area contributed by atoms with E-state index in [1.807, 2.05) is 0 Å². The summed E-state index contributed by atoms with van der Waals surface area (Å²) in [7, 11) is 1.35. The van der Waals surface area contributed by atoms with Crippen LogP contribution in [0.25, 0.3) is 0 Å². The minimum atomic E-state index is -0.901. The largest absolute Gasteiger partial charge is 0.467 e. The van der Waals surface area contributed by atoms with Crippen molar-refractivity contribution in [3.05, 3.63) is 16.1 Å². The van der Waals surface area contributed by atoms with E-state index in [1.165, 1.54) is 18.4 Å². The predicted molar refractivity (Wildman–Crippen MR) is 87.4 cm³/mol. The molecule has 0 radical (unpaired) electrons. The molecule has 0 saturated heterocycles. The van der Waals surface area contributed by atoms with E-state index in [2.05, 4.69) is 10.3 Å². The van der Waals surface area contributed by atoms with Crippen LogP contribution in [0.4, 0.5) is 0 Å². The van der Waals surface area contributed by atoms with Gasteiger partial charge in [0.2, 0.25) is 0 Å². The fourth-order valence-corrected chi connectivity index (χ4v) is 3.46. The molecule has 1 aromatic heterocycles. The smallest absolute Gasteiger partial charge is 0.331 e. The first-order valence-electron chi connectivity index (χ1n) is 7.17. The molecule has 1 saturated carbocycles. The van der Waals surface area contributed by atoms with Gasteiger partial charge < -0.3 is 15.8 Å². The van der Waals surface area contributed by atoms with Gasteiger partial charge in [-0.3, -0.25) is 4.79 Å². The molecular weight excluding hydrogens is 326 g/mol. The highest BCUT2D eigenvalue weighted by Crippen LogP contribution is 2.29. The van der Waals surface area contributed by atoms with Crippen LogP contribution in [0.15, 0.2) is 5.38 Å². The van der Waals surface area contributed by atoms with Crippen molar-refractivity contribution in [1.29, 1.82) is 0 Å². The number of nitrogens with two attached hydrogens (primary N) is 1. The number of aromatic nitrogens is 1. The van der Waals surface area contributed by atoms with Crippen molar-refractivity contribution in [2.75, 3.05) is 13.7 Å². The molecule has 1 fully saturated rings. The number of esters is 1. The number of amides is 1. The van der Waals surface area contributed by atoms with E-state index in [-0.39, 0.29) is 24.3 Å². The maximum absolute atomic E-state index is 12.4. The van der Waals surface area contributed by atoms with E-state index < -0.39 is 5.54 Å². The van der Waals surface area contributed by atoms with Gasteiger partial charge in [0.05, 0.1) is 12.1 Å². The van der Waals surface area contributed by atoms with Crippen molar-refractivity contribution < 1.29 is 14.3 Å². The predicted octanol–water partition coefficient (Wildman–Crippen LogP) is 1.67. The zero-order valence-electron chi connectivity index (χ0n) is 12.6. The van der Waals surface area contributed by atoms with E-state index in [4.69, 9.17) is 10.5 Å². The summed E-state index contributed by atoms with van der Waals surface area (Å²) in [6.07, 6.45) is 4.78. The number of ether oxygens (including phenoxy) is 1. The third-order valence-electron chi connectivity index (χ3n) is 3.78. The van der Waals surface area contributed by atoms with Crippen LogP contribution in [0.5, 0.6) is 0 Å². The van der Waals surface area contributed by atoms with Crippen LogP contribution >= 0.6 is 23.7 Å². The van der Waals surface area contributed by atoms with Gasteiger partial charge in [0, 0.05) is 11.8 Å². The van der Waals surface area contributed by atoms with Gasteiger partial charge in [-0.25, -0.2) is 9.78 Å². The number of thiazole rings is 1. The lowest BCUT2D eigenvalue weighted by Crippen LogP contribution is -2.56. The number of nitrogens with zero attached hydrogens (tertiary/aromatic N) is 1. The first kappa shape index (κ1) is 18.9. The van der Waals surface area contributed by atoms with Crippen molar-refractivity contribution in [3.8, 4) is 0 Å². The Hall–Kier alpha value is -1.18. The highest BCUT2D eigenvalue weighted by atomic mass is 35.5. The number of carbonyl (C=O) groups is 2. The lowest BCUT2D eigenvalue weighted by molar-refractivity contribution is -0.149. The van der Waals surface area contributed by atoms with Crippen LogP contribution in [-0.2, 0) is 16.0 Å². The van der Waals surface area contributed by atoms with E-state index in [0.717, 1.165) is 24.3 Å². The first-order valence-corrected chi connectivity index (χ1v) is 8.04. The normalized spacial score (nSPS) is 16.5. The maximum atomic E-state index is 12.4. The molecule has 1 aliphatic carbocycles. The van der Waals surface area contributed by atoms with Gasteiger partial charge in [-0.15, -0.1) is 23.7 Å². The SMILES string of the molecule is COC(=O)C1(NC(=O)c2csc(CCN)n2)CCCCC1.Cl. The number of methoxy groups -OCH3 is 1. The summed E-state index contributed by atoms with van der Waals surface area (Å²) in [5, 5.41) is 5.39. The summed E-state index contributed by atoms with van der Waals surface area (Å²) in [4.78, 5) is 28.7. The highest BCUT2D eigenvalue weighted by Gasteiger charge is 2.42. The summed E-state index contributed by atoms with van der Waals surface area (Å²) in [5.41, 5.74) is 4.92. The number of halogens is 1. The monoisotopic (exact) mass is 347 g/mol. The molecule has 0 unspecified atom stereocenters. The fraction of sp³-hybridized carbons (Fsp3) is 0.643. The molecule has 0 bridgehead atoms. The maximum Gasteiger partial charge on any atom is 0.331 e. The molecule has 1 amide bonds. The molecule has 22 heavy (non-hydrogen) atoms. The van der Waals surface area contributed by atoms with Crippen LogP contribution < -0.4 is 11.1 Å². The van der Waals surface area contributed by atoms with E-state index in [9.17, 15) is 9.59 Å². The second kappa shape index (κ2) is 8.45. The van der Waals surface area contributed by atoms with Gasteiger partial charge in [0.15, 0.2) is 0 Å². The van der Waals surface area contributed by atoms with Crippen molar-refractivity contribution in [3.63, 3.8) is 0 Å². The van der Waals surface area contributed by atoms with Crippen LogP contribution in [0.1, 0.15) is 47.6 Å². The molecule has 0 aliphatic heterocycles. The summed E-state index contributed by atoms with van der Waals surface area (Å²) in [6, 6.07) is 0. The molecule has 124 valence electrons. The molecule has 1 aromatic rings. The average molecular weight is 348 g/mol. The van der Waals surface area contributed by atoms with Crippen molar-refractivity contribution in [2.24, 2.45) is 5.73 Å². The molecule has 6 nitrogen and oxygen atoms in total. The van der Waals surface area contributed by atoms with Crippen molar-refractivity contribution in [1.82, 2.24) is 10.3 Å². The minimum Gasteiger partial charge on any atom is -0.467 e. The number of carbonyl (C=O) groups excluding carboxylic acids is 2. The van der Waals surface area contributed by atoms with Gasteiger partial charge in [-0.2, -0.15) is 0 Å². The molecule has 8 heteroatoms. The number of hydrogen-bond donors (Lipinski definition) is 2. The lowest BCUT2D eigenvalue weighted by atomic mass is 9.81. The van der Waals surface area contributed by atoms with Crippen LogP contribution in [0.3, 0.4) is 0 Å². The molecular formula is C14H22ClN3O3S. The number of rotatable bonds is 5. The van der Waals surface area contributed by atoms with E-state index >= 15 is 0 Å². The van der Waals surface area contributed by atoms with Gasteiger partial charge >= 0.3 is 5.97 Å². The van der Waals surface area contributed by atoms with E-state index in [1.54, 1.807) is 5.38 Å². The molecule has 1 aliphatic rings. The molecule has 2 rings (SSSR count). The molecule has 3 N–H and O–H groups in total. The Labute approximate surface area is 140 Å². The Morgan fingerprint density at radius 2 is 2.09 bits per heavy atom. The van der Waals surface area contributed by atoms with Crippen LogP contribution in [-0.4, -0.2) is 36.1 Å². The second-order valence-corrected chi connectivity index (χ2v) is 6.20. The Kier molecular flexibility index (Phi) is 7.25. The topological polar surface area (TPSA) is 94.3 Å². The van der Waals surface area contributed by atoms with Crippen LogP contribution in [0, 0.1) is 0 Å². The standard InChI is InChI=1S/C14H21N3O3S.ClH/c1-20-13(19)14(6-3-2-4-7-14)17-12(18)10-9-21-11(16-10)5-8-15;/h9H,2-8,15H2,1H3,(H,17,18);1H. The zero-order valence-corrected chi connectivity index (χ0v) is 14.2. The second-order valence-electron chi connectivity index (χ2n) is 5.25. The molecule has 0 spiro atoms. The van der Waals surface area contributed by atoms with Crippen molar-refractivity contribution in [2.45, 2.75) is 44.1 Å². The van der Waals surface area contributed by atoms with Crippen LogP contribution in [0.2, 0.25) is 0 Å². The van der Waals surface area contributed by atoms with Crippen molar-refractivity contribution >= 4 is 35.6 Å². The highest BCUT2D eigenvalue weighted by molar-refractivity contribution is 7.09. The number of nitrogens with one attached hydrogen (secondary N) is 1. The van der Waals surface area contributed by atoms with E-state index in [0.29, 0.717) is 31.5 Å². The third-order valence-corrected chi connectivity index (χ3v) is 4.69. The average Bonchev–Trinajstić information content (AvgIpc) is 2.96. The quantitative estimate of drug-likeness (QED) is 0.790. The number of hydrogen-bond acceptors (Lipinski definition) is 6. The summed E-state index contributed by atoms with van der Waals surface area (Å²) in [5.74, 6) is -0.685. The Morgan fingerprint density at radius 3 is 2.68 bits per heavy atom. The Bertz CT molecular complexity index is 515.